The lowest BCUT2D eigenvalue weighted by atomic mass is 10.1. The summed E-state index contributed by atoms with van der Waals surface area (Å²) >= 11 is 6.24. The number of nitrogens with zero attached hydrogens (tertiary/aromatic N) is 3. The number of amides is 1. The Morgan fingerprint density at radius 2 is 1.89 bits per heavy atom. The minimum Gasteiger partial charge on any atom is -0.365 e. The fourth-order valence-electron chi connectivity index (χ4n) is 3.67. The molecular weight excluding hydrogens is 372 g/mol. The largest absolute Gasteiger partial charge is 0.365 e. The number of benzene rings is 2. The Hall–Kier alpha value is -2.79. The smallest absolute Gasteiger partial charge is 0.272 e. The van der Waals surface area contributed by atoms with E-state index in [1.807, 2.05) is 29.2 Å². The number of aryl methyl sites for hydroxylation is 1. The van der Waals surface area contributed by atoms with Gasteiger partial charge in [-0.3, -0.25) is 9.89 Å². The maximum atomic E-state index is 13.0. The monoisotopic (exact) mass is 394 g/mol. The molecule has 5 nitrogen and oxygen atoms in total. The molecule has 0 spiro atoms. The predicted octanol–water partition coefficient (Wildman–Crippen LogP) is 4.39. The van der Waals surface area contributed by atoms with E-state index in [1.54, 1.807) is 6.07 Å². The van der Waals surface area contributed by atoms with Crippen molar-refractivity contribution in [2.45, 2.75) is 19.9 Å². The van der Waals surface area contributed by atoms with Crippen LogP contribution in [0, 0.1) is 6.92 Å². The zero-order chi connectivity index (χ0) is 19.7. The number of nitrogens with one attached hydrogen (secondary N) is 1. The third-order valence-electron chi connectivity index (χ3n) is 5.24. The van der Waals surface area contributed by atoms with E-state index in [-0.39, 0.29) is 11.9 Å². The van der Waals surface area contributed by atoms with Crippen molar-refractivity contribution in [2.75, 3.05) is 24.5 Å². The maximum absolute atomic E-state index is 13.0. The van der Waals surface area contributed by atoms with Crippen molar-refractivity contribution in [1.82, 2.24) is 15.1 Å². The molecule has 2 aromatic carbocycles. The molecule has 144 valence electrons. The van der Waals surface area contributed by atoms with Crippen molar-refractivity contribution >= 4 is 23.2 Å². The quantitative estimate of drug-likeness (QED) is 0.716. The first-order chi connectivity index (χ1) is 13.5. The number of H-pyrrole nitrogens is 1. The normalized spacial score (nSPS) is 17.0. The predicted molar refractivity (Wildman–Crippen MR) is 113 cm³/mol. The number of carbonyl (C=O) groups excluding carboxylic acids is 1. The first kappa shape index (κ1) is 18.6. The average Bonchev–Trinajstić information content (AvgIpc) is 3.18. The van der Waals surface area contributed by atoms with E-state index in [0.717, 1.165) is 12.1 Å². The lowest BCUT2D eigenvalue weighted by Gasteiger charge is -2.41. The van der Waals surface area contributed by atoms with Crippen LogP contribution in [0.1, 0.15) is 23.0 Å². The third-order valence-corrected chi connectivity index (χ3v) is 5.57. The zero-order valence-corrected chi connectivity index (χ0v) is 16.8. The first-order valence-corrected chi connectivity index (χ1v) is 9.83. The van der Waals surface area contributed by atoms with E-state index < -0.39 is 0 Å². The van der Waals surface area contributed by atoms with Crippen molar-refractivity contribution in [3.8, 4) is 11.3 Å². The van der Waals surface area contributed by atoms with Gasteiger partial charge in [0.05, 0.1) is 10.7 Å². The van der Waals surface area contributed by atoms with Crippen LogP contribution in [-0.2, 0) is 0 Å². The molecule has 0 saturated carbocycles. The Morgan fingerprint density at radius 3 is 2.61 bits per heavy atom. The van der Waals surface area contributed by atoms with Gasteiger partial charge in [0.15, 0.2) is 0 Å². The van der Waals surface area contributed by atoms with Crippen LogP contribution in [0.2, 0.25) is 5.02 Å². The van der Waals surface area contributed by atoms with E-state index in [9.17, 15) is 4.79 Å². The van der Waals surface area contributed by atoms with E-state index in [2.05, 4.69) is 53.2 Å². The summed E-state index contributed by atoms with van der Waals surface area (Å²) in [5.74, 6) is -0.0267. The summed E-state index contributed by atoms with van der Waals surface area (Å²) in [4.78, 5) is 17.2. The molecule has 1 fully saturated rings. The Kier molecular flexibility index (Phi) is 5.09. The standard InChI is InChI=1S/C22H23ClN4O/c1-15-7-9-17(10-8-15)27-12-11-26(14-16(27)2)22(28)21-13-20(24-25-21)18-5-3-4-6-19(18)23/h3-10,13,16H,11-12,14H2,1-2H3,(H,24,25)/t16-/m0/s1. The molecule has 1 atom stereocenters. The molecule has 28 heavy (non-hydrogen) atoms. The van der Waals surface area contributed by atoms with Crippen molar-refractivity contribution in [1.29, 1.82) is 0 Å². The fraction of sp³-hybridized carbons (Fsp3) is 0.273. The zero-order valence-electron chi connectivity index (χ0n) is 16.0. The van der Waals surface area contributed by atoms with Gasteiger partial charge in [0.1, 0.15) is 5.69 Å². The van der Waals surface area contributed by atoms with Crippen LogP contribution in [0.15, 0.2) is 54.6 Å². The second-order valence-corrected chi connectivity index (χ2v) is 7.68. The van der Waals surface area contributed by atoms with Crippen LogP contribution in [0.4, 0.5) is 5.69 Å². The first-order valence-electron chi connectivity index (χ1n) is 9.46. The van der Waals surface area contributed by atoms with E-state index in [0.29, 0.717) is 29.5 Å². The third kappa shape index (κ3) is 3.62. The van der Waals surface area contributed by atoms with E-state index in [4.69, 9.17) is 11.6 Å². The van der Waals surface area contributed by atoms with Gasteiger partial charge < -0.3 is 9.80 Å². The van der Waals surface area contributed by atoms with Crippen molar-refractivity contribution in [2.24, 2.45) is 0 Å². The minimum atomic E-state index is -0.0267. The number of hydrogen-bond donors (Lipinski definition) is 1. The number of carbonyl (C=O) groups is 1. The molecule has 0 aliphatic carbocycles. The molecule has 1 aromatic heterocycles. The van der Waals surface area contributed by atoms with Crippen LogP contribution in [0.25, 0.3) is 11.3 Å². The number of rotatable bonds is 3. The Labute approximate surface area is 169 Å². The van der Waals surface area contributed by atoms with Crippen LogP contribution in [-0.4, -0.2) is 46.7 Å². The molecule has 1 aliphatic heterocycles. The van der Waals surface area contributed by atoms with Gasteiger partial charge in [-0.1, -0.05) is 47.5 Å². The molecule has 0 radical (unpaired) electrons. The summed E-state index contributed by atoms with van der Waals surface area (Å²) in [6, 6.07) is 18.1. The fourth-order valence-corrected chi connectivity index (χ4v) is 3.90. The Balaban J connectivity index is 1.47. The molecule has 1 N–H and O–H groups in total. The molecule has 4 rings (SSSR count). The molecular formula is C22H23ClN4O. The van der Waals surface area contributed by atoms with Gasteiger partial charge in [-0.15, -0.1) is 0 Å². The highest BCUT2D eigenvalue weighted by atomic mass is 35.5. The number of hydrogen-bond acceptors (Lipinski definition) is 3. The molecule has 0 bridgehead atoms. The summed E-state index contributed by atoms with van der Waals surface area (Å²) in [6.45, 7) is 6.40. The van der Waals surface area contributed by atoms with Gasteiger partial charge >= 0.3 is 0 Å². The molecule has 3 aromatic rings. The van der Waals surface area contributed by atoms with Crippen molar-refractivity contribution < 1.29 is 4.79 Å². The van der Waals surface area contributed by atoms with Gasteiger partial charge in [-0.25, -0.2) is 0 Å². The SMILES string of the molecule is Cc1ccc(N2CCN(C(=O)c3cc(-c4ccccc4Cl)n[nH]3)C[C@@H]2C)cc1. The molecule has 1 aliphatic rings. The van der Waals surface area contributed by atoms with Gasteiger partial charge in [0.25, 0.3) is 5.91 Å². The highest BCUT2D eigenvalue weighted by molar-refractivity contribution is 6.33. The molecule has 6 heteroatoms. The Morgan fingerprint density at radius 1 is 1.14 bits per heavy atom. The maximum Gasteiger partial charge on any atom is 0.272 e. The number of piperazine rings is 1. The highest BCUT2D eigenvalue weighted by Gasteiger charge is 2.28. The molecule has 0 unspecified atom stereocenters. The summed E-state index contributed by atoms with van der Waals surface area (Å²) in [6.07, 6.45) is 0. The van der Waals surface area contributed by atoms with Gasteiger partial charge in [0.2, 0.25) is 0 Å². The minimum absolute atomic E-state index is 0.0267. The van der Waals surface area contributed by atoms with Crippen molar-refractivity contribution in [3.63, 3.8) is 0 Å². The topological polar surface area (TPSA) is 52.2 Å². The van der Waals surface area contributed by atoms with Crippen LogP contribution in [0.3, 0.4) is 0 Å². The summed E-state index contributed by atoms with van der Waals surface area (Å²) in [5.41, 5.74) is 4.44. The van der Waals surface area contributed by atoms with Crippen LogP contribution in [0.5, 0.6) is 0 Å². The second kappa shape index (κ2) is 7.68. The molecule has 2 heterocycles. The van der Waals surface area contributed by atoms with Gasteiger partial charge in [-0.05, 0) is 38.1 Å². The number of halogens is 1. The Bertz CT molecular complexity index is 982. The van der Waals surface area contributed by atoms with Crippen molar-refractivity contribution in [3.05, 3.63) is 70.9 Å². The van der Waals surface area contributed by atoms with E-state index in [1.165, 1.54) is 11.3 Å². The summed E-state index contributed by atoms with van der Waals surface area (Å²) in [5, 5.41) is 7.78. The number of aromatic amines is 1. The second-order valence-electron chi connectivity index (χ2n) is 7.28. The number of anilines is 1. The van der Waals surface area contributed by atoms with Crippen LogP contribution < -0.4 is 4.90 Å². The van der Waals surface area contributed by atoms with Gasteiger partial charge in [0, 0.05) is 36.9 Å². The molecule has 1 amide bonds. The molecule has 1 saturated heterocycles. The van der Waals surface area contributed by atoms with Gasteiger partial charge in [-0.2, -0.15) is 5.10 Å². The lowest BCUT2D eigenvalue weighted by molar-refractivity contribution is 0.0720. The lowest BCUT2D eigenvalue weighted by Crippen LogP contribution is -2.53. The van der Waals surface area contributed by atoms with E-state index >= 15 is 0 Å². The average molecular weight is 395 g/mol. The highest BCUT2D eigenvalue weighted by Crippen LogP contribution is 2.27. The summed E-state index contributed by atoms with van der Waals surface area (Å²) in [7, 11) is 0. The van der Waals surface area contributed by atoms with Crippen LogP contribution >= 0.6 is 11.6 Å². The number of aromatic nitrogens is 2. The summed E-state index contributed by atoms with van der Waals surface area (Å²) < 4.78 is 0.